The summed E-state index contributed by atoms with van der Waals surface area (Å²) in [7, 11) is 0. The number of carboxylic acids is 1. The predicted molar refractivity (Wildman–Crippen MR) is 87.3 cm³/mol. The van der Waals surface area contributed by atoms with Gasteiger partial charge in [-0.1, -0.05) is 11.6 Å². The molecule has 8 heteroatoms. The van der Waals surface area contributed by atoms with Crippen LogP contribution < -0.4 is 10.6 Å². The van der Waals surface area contributed by atoms with Gasteiger partial charge in [0.1, 0.15) is 0 Å². The maximum absolute atomic E-state index is 11.7. The molecule has 0 atom stereocenters. The van der Waals surface area contributed by atoms with Gasteiger partial charge in [-0.15, -0.1) is 0 Å². The number of aliphatic carboxylic acids is 1. The molecular weight excluding hydrogens is 328 g/mol. The molecule has 3 N–H and O–H groups in total. The van der Waals surface area contributed by atoms with Gasteiger partial charge >= 0.3 is 5.97 Å². The van der Waals surface area contributed by atoms with Crippen LogP contribution in [0.3, 0.4) is 0 Å². The highest BCUT2D eigenvalue weighted by Gasteiger charge is 2.05. The van der Waals surface area contributed by atoms with Gasteiger partial charge in [-0.2, -0.15) is 11.8 Å². The van der Waals surface area contributed by atoms with E-state index in [1.54, 1.807) is 24.3 Å². The smallest absolute Gasteiger partial charge is 0.305 e. The molecular formula is C14H17ClN2O4S. The van der Waals surface area contributed by atoms with Crippen molar-refractivity contribution in [3.63, 3.8) is 0 Å². The lowest BCUT2D eigenvalue weighted by Gasteiger charge is -2.06. The summed E-state index contributed by atoms with van der Waals surface area (Å²) in [6, 6.07) is 6.79. The zero-order valence-electron chi connectivity index (χ0n) is 11.8. The Morgan fingerprint density at radius 2 is 1.77 bits per heavy atom. The first-order valence-corrected chi connectivity index (χ1v) is 8.12. The third-order valence-electron chi connectivity index (χ3n) is 2.50. The van der Waals surface area contributed by atoms with Gasteiger partial charge in [-0.05, 0) is 24.3 Å². The molecule has 22 heavy (non-hydrogen) atoms. The van der Waals surface area contributed by atoms with Crippen molar-refractivity contribution in [3.05, 3.63) is 29.3 Å². The predicted octanol–water partition coefficient (Wildman–Crippen LogP) is 1.99. The Morgan fingerprint density at radius 3 is 2.41 bits per heavy atom. The van der Waals surface area contributed by atoms with E-state index in [1.807, 2.05) is 0 Å². The Bertz CT molecular complexity index is 522. The van der Waals surface area contributed by atoms with Crippen LogP contribution in [0.4, 0.5) is 5.69 Å². The lowest BCUT2D eigenvalue weighted by molar-refractivity contribution is -0.137. The summed E-state index contributed by atoms with van der Waals surface area (Å²) in [6.07, 6.45) is 0.154. The van der Waals surface area contributed by atoms with Crippen molar-refractivity contribution in [2.24, 2.45) is 0 Å². The zero-order valence-corrected chi connectivity index (χ0v) is 13.4. The topological polar surface area (TPSA) is 95.5 Å². The van der Waals surface area contributed by atoms with E-state index in [9.17, 15) is 14.4 Å². The average Bonchev–Trinajstić information content (AvgIpc) is 2.46. The minimum atomic E-state index is -0.950. The SMILES string of the molecule is O=C(O)CCNC(=O)CCSCC(=O)Nc1ccc(Cl)cc1. The summed E-state index contributed by atoms with van der Waals surface area (Å²) in [6.45, 7) is 0.121. The Balaban J connectivity index is 2.11. The summed E-state index contributed by atoms with van der Waals surface area (Å²) in [4.78, 5) is 33.3. The number of hydrogen-bond donors (Lipinski definition) is 3. The summed E-state index contributed by atoms with van der Waals surface area (Å²) < 4.78 is 0. The van der Waals surface area contributed by atoms with E-state index in [0.717, 1.165) is 0 Å². The average molecular weight is 345 g/mol. The molecule has 0 saturated heterocycles. The first-order valence-electron chi connectivity index (χ1n) is 6.59. The van der Waals surface area contributed by atoms with Gasteiger partial charge in [-0.25, -0.2) is 0 Å². The Morgan fingerprint density at radius 1 is 1.09 bits per heavy atom. The molecule has 0 aliphatic rings. The molecule has 0 aliphatic carbocycles. The highest BCUT2D eigenvalue weighted by atomic mass is 35.5. The van der Waals surface area contributed by atoms with Crippen molar-refractivity contribution in [3.8, 4) is 0 Å². The number of carbonyl (C=O) groups is 3. The molecule has 0 bridgehead atoms. The van der Waals surface area contributed by atoms with Crippen molar-refractivity contribution in [1.82, 2.24) is 5.32 Å². The standard InChI is InChI=1S/C14H17ClN2O4S/c15-10-1-3-11(4-2-10)17-13(19)9-22-8-6-12(18)16-7-5-14(20)21/h1-4H,5-9H2,(H,16,18)(H,17,19)(H,20,21). The van der Waals surface area contributed by atoms with Crippen LogP contribution in [0.15, 0.2) is 24.3 Å². The highest BCUT2D eigenvalue weighted by molar-refractivity contribution is 7.99. The molecule has 1 rings (SSSR count). The third kappa shape index (κ3) is 8.53. The van der Waals surface area contributed by atoms with Crippen LogP contribution in [0.1, 0.15) is 12.8 Å². The third-order valence-corrected chi connectivity index (χ3v) is 3.71. The van der Waals surface area contributed by atoms with Crippen molar-refractivity contribution < 1.29 is 19.5 Å². The van der Waals surface area contributed by atoms with Gasteiger partial charge in [0.25, 0.3) is 0 Å². The van der Waals surface area contributed by atoms with Gasteiger partial charge in [0.2, 0.25) is 11.8 Å². The fourth-order valence-electron chi connectivity index (χ4n) is 1.46. The largest absolute Gasteiger partial charge is 0.481 e. The molecule has 0 heterocycles. The van der Waals surface area contributed by atoms with E-state index in [-0.39, 0.29) is 37.0 Å². The van der Waals surface area contributed by atoms with E-state index in [2.05, 4.69) is 10.6 Å². The lowest BCUT2D eigenvalue weighted by Crippen LogP contribution is -2.26. The van der Waals surface area contributed by atoms with E-state index >= 15 is 0 Å². The number of benzene rings is 1. The molecule has 0 aliphatic heterocycles. The molecule has 1 aromatic rings. The van der Waals surface area contributed by atoms with Gasteiger partial charge in [0, 0.05) is 29.4 Å². The summed E-state index contributed by atoms with van der Waals surface area (Å²) in [5, 5.41) is 14.2. The number of rotatable bonds is 9. The van der Waals surface area contributed by atoms with Crippen molar-refractivity contribution >= 4 is 46.8 Å². The first kappa shape index (κ1) is 18.3. The van der Waals surface area contributed by atoms with Gasteiger partial charge in [-0.3, -0.25) is 14.4 Å². The molecule has 1 aromatic carbocycles. The van der Waals surface area contributed by atoms with Gasteiger partial charge in [0.15, 0.2) is 0 Å². The van der Waals surface area contributed by atoms with E-state index in [1.165, 1.54) is 11.8 Å². The molecule has 0 unspecified atom stereocenters. The van der Waals surface area contributed by atoms with Crippen LogP contribution in [0.25, 0.3) is 0 Å². The number of halogens is 1. The number of carboxylic acid groups (broad SMARTS) is 1. The van der Waals surface area contributed by atoms with Crippen LogP contribution in [0.5, 0.6) is 0 Å². The number of amides is 2. The number of nitrogens with one attached hydrogen (secondary N) is 2. The molecule has 0 saturated carbocycles. The Labute approximate surface area is 137 Å². The van der Waals surface area contributed by atoms with Gasteiger partial charge < -0.3 is 15.7 Å². The molecule has 0 aromatic heterocycles. The minimum Gasteiger partial charge on any atom is -0.481 e. The number of carbonyl (C=O) groups excluding carboxylic acids is 2. The molecule has 120 valence electrons. The van der Waals surface area contributed by atoms with E-state index in [0.29, 0.717) is 16.5 Å². The van der Waals surface area contributed by atoms with Crippen LogP contribution in [0.2, 0.25) is 5.02 Å². The van der Waals surface area contributed by atoms with Crippen LogP contribution >= 0.6 is 23.4 Å². The second-order valence-corrected chi connectivity index (χ2v) is 5.89. The van der Waals surface area contributed by atoms with E-state index < -0.39 is 5.97 Å². The van der Waals surface area contributed by atoms with Crippen LogP contribution in [0, 0.1) is 0 Å². The van der Waals surface area contributed by atoms with Crippen molar-refractivity contribution in [1.29, 1.82) is 0 Å². The van der Waals surface area contributed by atoms with Crippen LogP contribution in [-0.2, 0) is 14.4 Å². The Kier molecular flexibility index (Phi) is 8.39. The summed E-state index contributed by atoms with van der Waals surface area (Å²) in [5.74, 6) is -0.586. The Hall–Kier alpha value is -1.73. The van der Waals surface area contributed by atoms with Crippen molar-refractivity contribution in [2.75, 3.05) is 23.4 Å². The molecule has 0 radical (unpaired) electrons. The molecule has 2 amide bonds. The van der Waals surface area contributed by atoms with E-state index in [4.69, 9.17) is 16.7 Å². The number of hydrogen-bond acceptors (Lipinski definition) is 4. The second kappa shape index (κ2) is 10.1. The lowest BCUT2D eigenvalue weighted by atomic mass is 10.3. The zero-order chi connectivity index (χ0) is 16.4. The number of anilines is 1. The van der Waals surface area contributed by atoms with Crippen LogP contribution in [-0.4, -0.2) is 40.9 Å². The fourth-order valence-corrected chi connectivity index (χ4v) is 2.31. The first-order chi connectivity index (χ1) is 10.5. The maximum atomic E-state index is 11.7. The monoisotopic (exact) mass is 344 g/mol. The quantitative estimate of drug-likeness (QED) is 0.595. The molecule has 0 spiro atoms. The highest BCUT2D eigenvalue weighted by Crippen LogP contribution is 2.13. The minimum absolute atomic E-state index is 0.0949. The van der Waals surface area contributed by atoms with Gasteiger partial charge in [0.05, 0.1) is 12.2 Å². The summed E-state index contributed by atoms with van der Waals surface area (Å²) >= 11 is 7.08. The molecule has 6 nitrogen and oxygen atoms in total. The fraction of sp³-hybridized carbons (Fsp3) is 0.357. The van der Waals surface area contributed by atoms with Crippen molar-refractivity contribution in [2.45, 2.75) is 12.8 Å². The molecule has 0 fully saturated rings. The maximum Gasteiger partial charge on any atom is 0.305 e. The summed E-state index contributed by atoms with van der Waals surface area (Å²) in [5.41, 5.74) is 0.668. The second-order valence-electron chi connectivity index (χ2n) is 4.35. The normalized spacial score (nSPS) is 10.0. The number of thioether (sulfide) groups is 1.